The van der Waals surface area contributed by atoms with E-state index in [2.05, 4.69) is 5.32 Å². The fourth-order valence-corrected chi connectivity index (χ4v) is 7.05. The van der Waals surface area contributed by atoms with E-state index in [1.807, 2.05) is 13.8 Å². The summed E-state index contributed by atoms with van der Waals surface area (Å²) in [5, 5.41) is 3.01. The summed E-state index contributed by atoms with van der Waals surface area (Å²) in [5.74, 6) is -4.75. The monoisotopic (exact) mass is 578 g/mol. The first kappa shape index (κ1) is 29.0. The average Bonchev–Trinajstić information content (AvgIpc) is 3.24. The van der Waals surface area contributed by atoms with Gasteiger partial charge in [0.2, 0.25) is 0 Å². The number of amides is 1. The molecule has 0 saturated carbocycles. The van der Waals surface area contributed by atoms with Crippen molar-refractivity contribution in [2.45, 2.75) is 51.2 Å². The maximum atomic E-state index is 14.8. The van der Waals surface area contributed by atoms with Crippen molar-refractivity contribution >= 4 is 23.6 Å². The van der Waals surface area contributed by atoms with Gasteiger partial charge >= 0.3 is 23.3 Å². The molecule has 0 saturated heterocycles. The molecule has 0 bridgehead atoms. The van der Waals surface area contributed by atoms with E-state index in [0.717, 1.165) is 4.57 Å². The zero-order valence-electron chi connectivity index (χ0n) is 24.4. The first-order valence-corrected chi connectivity index (χ1v) is 13.8. The molecular formula is C30H34N4O8. The van der Waals surface area contributed by atoms with Crippen LogP contribution in [0.2, 0.25) is 0 Å². The van der Waals surface area contributed by atoms with Crippen LogP contribution < -0.4 is 16.7 Å². The number of fused-ring (bicyclic) bond motifs is 2. The van der Waals surface area contributed by atoms with E-state index in [-0.39, 0.29) is 29.9 Å². The zero-order chi connectivity index (χ0) is 30.7. The van der Waals surface area contributed by atoms with Crippen molar-refractivity contribution in [3.63, 3.8) is 0 Å². The third-order valence-corrected chi connectivity index (χ3v) is 8.64. The van der Waals surface area contributed by atoms with Crippen LogP contribution in [0, 0.1) is 17.8 Å². The zero-order valence-corrected chi connectivity index (χ0v) is 24.4. The Kier molecular flexibility index (Phi) is 7.20. The number of rotatable bonds is 6. The van der Waals surface area contributed by atoms with Crippen molar-refractivity contribution in [2.75, 3.05) is 14.2 Å². The molecule has 2 heterocycles. The molecule has 1 N–H and O–H groups in total. The average molecular weight is 579 g/mol. The number of carbonyl (C=O) groups is 4. The van der Waals surface area contributed by atoms with Crippen LogP contribution in [0.4, 0.5) is 0 Å². The predicted molar refractivity (Wildman–Crippen MR) is 150 cm³/mol. The summed E-state index contributed by atoms with van der Waals surface area (Å²) >= 11 is 0. The highest BCUT2D eigenvalue weighted by molar-refractivity contribution is 6.11. The van der Waals surface area contributed by atoms with Crippen LogP contribution in [0.1, 0.15) is 56.1 Å². The van der Waals surface area contributed by atoms with E-state index < -0.39 is 64.5 Å². The van der Waals surface area contributed by atoms with Crippen molar-refractivity contribution < 1.29 is 28.7 Å². The Bertz CT molecular complexity index is 1670. The Labute approximate surface area is 241 Å². The van der Waals surface area contributed by atoms with E-state index in [4.69, 9.17) is 9.47 Å². The highest BCUT2D eigenvalue weighted by atomic mass is 16.5. The molecule has 3 aliphatic rings. The number of hydrogen-bond donors (Lipinski definition) is 1. The number of nitrogens with zero attached hydrogens (tertiary/aromatic N) is 3. The standard InChI is InChI=1S/C30H34N4O8/c1-15(2)14-30(31-25(36)17-10-8-7-9-11-17)23-19(27(38)42-6)12-18(26(37)41-5)13-20-22(23)21(24(30)35)16(3)33-28(39)32(4)29(40)34(20)33/h7-12,15-16,19-20,23H,13-14H2,1-6H3,(H,31,36)/t16-,19+,20+,23?,30+/m0/s1. The van der Waals surface area contributed by atoms with E-state index in [1.54, 1.807) is 37.3 Å². The van der Waals surface area contributed by atoms with Gasteiger partial charge in [-0.2, -0.15) is 0 Å². The van der Waals surface area contributed by atoms with Gasteiger partial charge in [0.1, 0.15) is 5.54 Å². The molecule has 5 rings (SSSR count). The first-order chi connectivity index (χ1) is 19.9. The van der Waals surface area contributed by atoms with Gasteiger partial charge in [-0.1, -0.05) is 38.1 Å². The predicted octanol–water partition coefficient (Wildman–Crippen LogP) is 1.47. The molecule has 5 atom stereocenters. The summed E-state index contributed by atoms with van der Waals surface area (Å²) in [4.78, 5) is 81.9. The van der Waals surface area contributed by atoms with Crippen LogP contribution in [0.25, 0.3) is 0 Å². The maximum Gasteiger partial charge on any atom is 0.347 e. The smallest absolute Gasteiger partial charge is 0.347 e. The minimum atomic E-state index is -1.65. The molecule has 0 spiro atoms. The quantitative estimate of drug-likeness (QED) is 0.507. The highest BCUT2D eigenvalue weighted by Crippen LogP contribution is 2.56. The lowest BCUT2D eigenvalue weighted by atomic mass is 9.69. The van der Waals surface area contributed by atoms with Crippen LogP contribution in [0.15, 0.2) is 62.7 Å². The summed E-state index contributed by atoms with van der Waals surface area (Å²) in [7, 11) is 3.75. The second kappa shape index (κ2) is 10.4. The molecule has 1 aromatic carbocycles. The fourth-order valence-electron chi connectivity index (χ4n) is 7.05. The Morgan fingerprint density at radius 1 is 1.02 bits per heavy atom. The van der Waals surface area contributed by atoms with Gasteiger partial charge in [-0.05, 0) is 37.0 Å². The second-order valence-corrected chi connectivity index (χ2v) is 11.5. The van der Waals surface area contributed by atoms with Crippen LogP contribution in [-0.4, -0.2) is 57.3 Å². The summed E-state index contributed by atoms with van der Waals surface area (Å²) in [6.07, 6.45) is 1.44. The number of esters is 2. The van der Waals surface area contributed by atoms with Gasteiger partial charge < -0.3 is 14.8 Å². The Hall–Kier alpha value is -4.48. The summed E-state index contributed by atoms with van der Waals surface area (Å²) < 4.78 is 13.6. The van der Waals surface area contributed by atoms with Crippen LogP contribution in [0.5, 0.6) is 0 Å². The largest absolute Gasteiger partial charge is 0.469 e. The molecule has 1 aliphatic heterocycles. The summed E-state index contributed by atoms with van der Waals surface area (Å²) in [6.45, 7) is 5.43. The lowest BCUT2D eigenvalue weighted by Gasteiger charge is -2.40. The summed E-state index contributed by atoms with van der Waals surface area (Å²) in [6, 6.07) is 6.52. The number of Topliss-reactive ketones (excluding diaryl/α,β-unsaturated/α-hetero) is 1. The van der Waals surface area contributed by atoms with E-state index in [9.17, 15) is 28.8 Å². The molecular weight excluding hydrogens is 544 g/mol. The molecule has 2 aliphatic carbocycles. The molecule has 1 aromatic heterocycles. The fraction of sp³-hybridized carbons (Fsp3) is 0.467. The highest BCUT2D eigenvalue weighted by Gasteiger charge is 2.63. The molecule has 0 radical (unpaired) electrons. The Morgan fingerprint density at radius 3 is 2.26 bits per heavy atom. The third-order valence-electron chi connectivity index (χ3n) is 8.64. The van der Waals surface area contributed by atoms with Gasteiger partial charge in [-0.15, -0.1) is 0 Å². The lowest BCUT2D eigenvalue weighted by molar-refractivity contribution is -0.146. The molecule has 2 aromatic rings. The number of ketones is 1. The van der Waals surface area contributed by atoms with Crippen molar-refractivity contribution in [2.24, 2.45) is 24.8 Å². The van der Waals surface area contributed by atoms with Crippen molar-refractivity contribution in [3.05, 3.63) is 79.7 Å². The minimum absolute atomic E-state index is 0.0868. The number of methoxy groups -OCH3 is 2. The van der Waals surface area contributed by atoms with E-state index >= 15 is 0 Å². The number of carbonyl (C=O) groups excluding carboxylic acids is 4. The van der Waals surface area contributed by atoms with E-state index in [0.29, 0.717) is 11.1 Å². The SMILES string of the molecule is COC(=O)C1=C[C@@H](C(=O)OC)C2C3=C(C(=O)[C@]2(CC(C)C)NC(=O)c2ccccc2)[C@H](C)n2c(=O)n(C)c(=O)n2[C@@H]3C1. The van der Waals surface area contributed by atoms with Crippen molar-refractivity contribution in [1.82, 2.24) is 19.2 Å². The molecule has 1 amide bonds. The third kappa shape index (κ3) is 4.11. The molecule has 12 heteroatoms. The number of ether oxygens (including phenoxy) is 2. The summed E-state index contributed by atoms with van der Waals surface area (Å²) in [5.41, 5.74) is -1.85. The Morgan fingerprint density at radius 2 is 1.67 bits per heavy atom. The molecule has 12 nitrogen and oxygen atoms in total. The minimum Gasteiger partial charge on any atom is -0.469 e. The molecule has 0 fully saturated rings. The van der Waals surface area contributed by atoms with Gasteiger partial charge in [0.05, 0.1) is 32.2 Å². The van der Waals surface area contributed by atoms with Crippen molar-refractivity contribution in [1.29, 1.82) is 0 Å². The van der Waals surface area contributed by atoms with Gasteiger partial charge in [0, 0.05) is 36.1 Å². The molecule has 42 heavy (non-hydrogen) atoms. The van der Waals surface area contributed by atoms with Gasteiger partial charge in [0.15, 0.2) is 5.78 Å². The van der Waals surface area contributed by atoms with Gasteiger partial charge in [-0.3, -0.25) is 14.4 Å². The molecule has 222 valence electrons. The van der Waals surface area contributed by atoms with Crippen LogP contribution in [0.3, 0.4) is 0 Å². The first-order valence-electron chi connectivity index (χ1n) is 13.8. The number of benzene rings is 1. The number of nitrogens with one attached hydrogen (secondary N) is 1. The van der Waals surface area contributed by atoms with Crippen LogP contribution in [-0.2, 0) is 30.9 Å². The van der Waals surface area contributed by atoms with Crippen molar-refractivity contribution in [3.8, 4) is 0 Å². The normalized spacial score (nSPS) is 26.3. The second-order valence-electron chi connectivity index (χ2n) is 11.5. The van der Waals surface area contributed by atoms with Gasteiger partial charge in [0.25, 0.3) is 5.91 Å². The van der Waals surface area contributed by atoms with Crippen LogP contribution >= 0.6 is 0 Å². The maximum absolute atomic E-state index is 14.8. The lowest BCUT2D eigenvalue weighted by Crippen LogP contribution is -2.60. The number of aromatic nitrogens is 3. The Balaban J connectivity index is 1.85. The van der Waals surface area contributed by atoms with Gasteiger partial charge in [-0.25, -0.2) is 28.3 Å². The van der Waals surface area contributed by atoms with E-state index in [1.165, 1.54) is 36.7 Å². The topological polar surface area (TPSA) is 148 Å². The molecule has 1 unspecified atom stereocenters. The number of hydrogen-bond acceptors (Lipinski definition) is 8.